The van der Waals surface area contributed by atoms with Crippen LogP contribution in [0.4, 0.5) is 30.7 Å². The van der Waals surface area contributed by atoms with Crippen LogP contribution in [-0.4, -0.2) is 48.6 Å². The Morgan fingerprint density at radius 1 is 1.10 bits per heavy atom. The van der Waals surface area contributed by atoms with E-state index in [1.807, 2.05) is 0 Å². The predicted octanol–water partition coefficient (Wildman–Crippen LogP) is 2.57. The summed E-state index contributed by atoms with van der Waals surface area (Å²) in [6.07, 6.45) is -9.01. The summed E-state index contributed by atoms with van der Waals surface area (Å²) in [6, 6.07) is 1.64. The third-order valence-electron chi connectivity index (χ3n) is 6.31. The molecule has 5 rings (SSSR count). The van der Waals surface area contributed by atoms with Gasteiger partial charge in [-0.2, -0.15) is 13.2 Å². The molecule has 164 valence electrons. The number of benzene rings is 1. The van der Waals surface area contributed by atoms with Gasteiger partial charge in [-0.25, -0.2) is 22.2 Å². The first-order valence-corrected chi connectivity index (χ1v) is 8.78. The Labute approximate surface area is 164 Å². The Balaban J connectivity index is 1.71. The smallest absolute Gasteiger partial charge is 0.383 e. The molecule has 30 heavy (non-hydrogen) atoms. The van der Waals surface area contributed by atoms with Gasteiger partial charge in [0.15, 0.2) is 11.7 Å². The van der Waals surface area contributed by atoms with E-state index in [4.69, 9.17) is 0 Å². The maximum absolute atomic E-state index is 15.7. The van der Waals surface area contributed by atoms with Crippen molar-refractivity contribution in [2.45, 2.75) is 49.6 Å². The molecule has 1 aromatic heterocycles. The number of alkyl halides is 5. The Bertz CT molecular complexity index is 946. The maximum atomic E-state index is 15.7. The van der Waals surface area contributed by atoms with Crippen LogP contribution in [0.1, 0.15) is 24.8 Å². The highest BCUT2D eigenvalue weighted by atomic mass is 19.4. The second-order valence-electron chi connectivity index (χ2n) is 8.18. The van der Waals surface area contributed by atoms with E-state index in [0.717, 1.165) is 6.33 Å². The average molecular weight is 440 g/mol. The third-order valence-corrected chi connectivity index (χ3v) is 6.31. The SMILES string of the molecule is O[C@H](C(F)(F)F)C12CC(C(F)(F)[C@](O)(Cn3cnnn3)c3ccc(F)cc3F)(C1)C2. The number of nitrogens with zero attached hydrogens (tertiary/aromatic N) is 4. The van der Waals surface area contributed by atoms with E-state index in [1.165, 1.54) is 0 Å². The van der Waals surface area contributed by atoms with Gasteiger partial charge in [-0.05, 0) is 41.8 Å². The van der Waals surface area contributed by atoms with Gasteiger partial charge in [0, 0.05) is 22.5 Å². The lowest BCUT2D eigenvalue weighted by Crippen LogP contribution is -2.78. The van der Waals surface area contributed by atoms with Crippen molar-refractivity contribution >= 4 is 0 Å². The predicted molar refractivity (Wildman–Crippen MR) is 83.8 cm³/mol. The quantitative estimate of drug-likeness (QED) is 0.675. The number of hydrogen-bond acceptors (Lipinski definition) is 5. The van der Waals surface area contributed by atoms with Crippen LogP contribution in [0.15, 0.2) is 24.5 Å². The van der Waals surface area contributed by atoms with E-state index in [9.17, 15) is 32.2 Å². The standard InChI is InChI=1S/C17H15F7N4O2/c18-9-1-2-10(11(19)3-9)15(30,7-28-8-25-26-27-28)17(23,24)14-4-13(5-14,6-14)12(29)16(20,21)22/h1-3,8,12,29-30H,4-7H2/t12-,13?,14?,15-/m0/s1. The summed E-state index contributed by atoms with van der Waals surface area (Å²) < 4.78 is 98.3. The highest BCUT2D eigenvalue weighted by Gasteiger charge is 2.85. The van der Waals surface area contributed by atoms with E-state index in [0.29, 0.717) is 22.9 Å². The molecular weight excluding hydrogens is 425 g/mol. The molecule has 2 N–H and O–H groups in total. The van der Waals surface area contributed by atoms with Crippen LogP contribution in [0.25, 0.3) is 0 Å². The molecule has 3 aliphatic carbocycles. The van der Waals surface area contributed by atoms with E-state index in [2.05, 4.69) is 15.5 Å². The molecule has 3 saturated carbocycles. The lowest BCUT2D eigenvalue weighted by Gasteiger charge is -2.75. The summed E-state index contributed by atoms with van der Waals surface area (Å²) in [5.41, 5.74) is -8.10. The molecule has 0 saturated heterocycles. The van der Waals surface area contributed by atoms with E-state index >= 15 is 8.78 Å². The fraction of sp³-hybridized carbons (Fsp3) is 0.588. The van der Waals surface area contributed by atoms with Crippen LogP contribution in [0.5, 0.6) is 0 Å². The second kappa shape index (κ2) is 6.13. The van der Waals surface area contributed by atoms with Crippen molar-refractivity contribution in [3.8, 4) is 0 Å². The molecule has 3 aliphatic rings. The van der Waals surface area contributed by atoms with Crippen molar-refractivity contribution in [2.75, 3.05) is 0 Å². The molecule has 0 aliphatic heterocycles. The molecule has 0 radical (unpaired) electrons. The summed E-state index contributed by atoms with van der Waals surface area (Å²) in [5, 5.41) is 30.4. The minimum Gasteiger partial charge on any atom is -0.383 e. The lowest BCUT2D eigenvalue weighted by atomic mass is 9.30. The zero-order valence-corrected chi connectivity index (χ0v) is 15.0. The molecule has 2 atom stereocenters. The van der Waals surface area contributed by atoms with Crippen molar-refractivity contribution in [1.29, 1.82) is 0 Å². The van der Waals surface area contributed by atoms with E-state index < -0.39 is 77.6 Å². The summed E-state index contributed by atoms with van der Waals surface area (Å²) in [6.45, 7) is -1.04. The number of hydrogen-bond donors (Lipinski definition) is 2. The van der Waals surface area contributed by atoms with Crippen LogP contribution in [0.3, 0.4) is 0 Å². The monoisotopic (exact) mass is 440 g/mol. The molecule has 2 bridgehead atoms. The zero-order chi connectivity index (χ0) is 22.2. The Morgan fingerprint density at radius 3 is 2.23 bits per heavy atom. The molecule has 2 aromatic rings. The highest BCUT2D eigenvalue weighted by Crippen LogP contribution is 2.82. The van der Waals surface area contributed by atoms with Crippen molar-refractivity contribution < 1.29 is 40.9 Å². The van der Waals surface area contributed by atoms with Crippen molar-refractivity contribution in [1.82, 2.24) is 20.2 Å². The highest BCUT2D eigenvalue weighted by molar-refractivity contribution is 5.34. The molecule has 13 heteroatoms. The number of aromatic nitrogens is 4. The Morgan fingerprint density at radius 2 is 1.73 bits per heavy atom. The minimum atomic E-state index is -4.98. The molecule has 0 unspecified atom stereocenters. The molecule has 3 fully saturated rings. The van der Waals surface area contributed by atoms with Gasteiger partial charge in [-0.15, -0.1) is 5.10 Å². The maximum Gasteiger partial charge on any atom is 0.414 e. The first-order valence-electron chi connectivity index (χ1n) is 8.78. The minimum absolute atomic E-state index is 0.312. The molecular formula is C17H15F7N4O2. The number of tetrazole rings is 1. The average Bonchev–Trinajstić information content (AvgIpc) is 3.03. The summed E-state index contributed by atoms with van der Waals surface area (Å²) >= 11 is 0. The Kier molecular flexibility index (Phi) is 4.28. The van der Waals surface area contributed by atoms with Crippen LogP contribution in [0.2, 0.25) is 0 Å². The van der Waals surface area contributed by atoms with E-state index in [1.54, 1.807) is 0 Å². The zero-order valence-electron chi connectivity index (χ0n) is 15.0. The van der Waals surface area contributed by atoms with Gasteiger partial charge in [0.05, 0.1) is 6.54 Å². The molecule has 0 spiro atoms. The van der Waals surface area contributed by atoms with Gasteiger partial charge >= 0.3 is 6.18 Å². The fourth-order valence-corrected chi connectivity index (χ4v) is 4.94. The van der Waals surface area contributed by atoms with E-state index in [-0.39, 0.29) is 0 Å². The lowest BCUT2D eigenvalue weighted by molar-refractivity contribution is -0.407. The fourth-order valence-electron chi connectivity index (χ4n) is 4.94. The number of aliphatic hydroxyl groups excluding tert-OH is 1. The largest absolute Gasteiger partial charge is 0.414 e. The van der Waals surface area contributed by atoms with Gasteiger partial charge in [0.25, 0.3) is 5.92 Å². The number of rotatable bonds is 6. The summed E-state index contributed by atoms with van der Waals surface area (Å²) in [7, 11) is 0. The molecule has 0 amide bonds. The number of halogens is 7. The third kappa shape index (κ3) is 2.67. The Hall–Kier alpha value is -2.28. The summed E-state index contributed by atoms with van der Waals surface area (Å²) in [4.78, 5) is 0. The van der Waals surface area contributed by atoms with Crippen LogP contribution < -0.4 is 0 Å². The van der Waals surface area contributed by atoms with Gasteiger partial charge in [-0.3, -0.25) is 0 Å². The van der Waals surface area contributed by atoms with Gasteiger partial charge in [0.1, 0.15) is 18.0 Å². The van der Waals surface area contributed by atoms with Gasteiger partial charge in [0.2, 0.25) is 0 Å². The first kappa shape index (κ1) is 21.0. The van der Waals surface area contributed by atoms with Gasteiger partial charge < -0.3 is 10.2 Å². The normalized spacial score (nSPS) is 29.0. The summed E-state index contributed by atoms with van der Waals surface area (Å²) in [5.74, 6) is -6.68. The van der Waals surface area contributed by atoms with Crippen molar-refractivity contribution in [3.63, 3.8) is 0 Å². The second-order valence-corrected chi connectivity index (χ2v) is 8.18. The molecule has 1 heterocycles. The van der Waals surface area contributed by atoms with Gasteiger partial charge in [-0.1, -0.05) is 0 Å². The molecule has 1 aromatic carbocycles. The van der Waals surface area contributed by atoms with Crippen molar-refractivity contribution in [2.24, 2.45) is 10.8 Å². The van der Waals surface area contributed by atoms with Crippen LogP contribution in [-0.2, 0) is 12.1 Å². The topological polar surface area (TPSA) is 84.1 Å². The van der Waals surface area contributed by atoms with Crippen LogP contribution >= 0.6 is 0 Å². The number of aliphatic hydroxyl groups is 2. The first-order chi connectivity index (χ1) is 13.8. The van der Waals surface area contributed by atoms with Crippen LogP contribution in [0, 0.1) is 22.5 Å². The van der Waals surface area contributed by atoms with Crippen molar-refractivity contribution in [3.05, 3.63) is 41.7 Å². The molecule has 6 nitrogen and oxygen atoms in total.